The van der Waals surface area contributed by atoms with E-state index in [1.165, 1.54) is 12.1 Å². The van der Waals surface area contributed by atoms with E-state index < -0.39 is 0 Å². The van der Waals surface area contributed by atoms with Gasteiger partial charge >= 0.3 is 0 Å². The quantitative estimate of drug-likeness (QED) is 0.612. The van der Waals surface area contributed by atoms with Crippen LogP contribution in [0.4, 0.5) is 10.2 Å². The molecule has 0 aliphatic carbocycles. The average molecular weight is 449 g/mol. The molecular weight excluding hydrogens is 423 g/mol. The molecule has 0 N–H and O–H groups in total. The third-order valence-corrected chi connectivity index (χ3v) is 6.34. The Kier molecular flexibility index (Phi) is 5.39. The van der Waals surface area contributed by atoms with E-state index in [4.69, 9.17) is 9.97 Å². The zero-order valence-corrected chi connectivity index (χ0v) is 18.7. The minimum absolute atomic E-state index is 0.0873. The lowest BCUT2D eigenvalue weighted by atomic mass is 10.00. The highest BCUT2D eigenvalue weighted by Gasteiger charge is 2.36. The smallest absolute Gasteiger partial charge is 0.257 e. The number of nitrogens with zero attached hydrogens (tertiary/aromatic N) is 6. The lowest BCUT2D eigenvalue weighted by molar-refractivity contribution is -0.117. The second kappa shape index (κ2) is 8.38. The third-order valence-electron chi connectivity index (χ3n) is 6.34. The van der Waals surface area contributed by atoms with Crippen molar-refractivity contribution in [2.45, 2.75) is 45.2 Å². The van der Waals surface area contributed by atoms with Crippen molar-refractivity contribution in [3.8, 4) is 0 Å². The van der Waals surface area contributed by atoms with E-state index in [-0.39, 0.29) is 36.6 Å². The maximum Gasteiger partial charge on any atom is 0.257 e. The first kappa shape index (κ1) is 21.2. The summed E-state index contributed by atoms with van der Waals surface area (Å²) in [7, 11) is 1.78. The number of benzene rings is 1. The molecule has 2 amide bonds. The topological polar surface area (TPSA) is 84.2 Å². The van der Waals surface area contributed by atoms with Crippen molar-refractivity contribution in [3.05, 3.63) is 70.7 Å². The highest BCUT2D eigenvalue weighted by atomic mass is 19.1. The molecule has 1 aromatic carbocycles. The number of aryl methyl sites for hydroxylation is 2. The van der Waals surface area contributed by atoms with Gasteiger partial charge in [-0.15, -0.1) is 0 Å². The number of amides is 2. The molecule has 9 heteroatoms. The minimum atomic E-state index is -0.342. The zero-order chi connectivity index (χ0) is 23.1. The predicted octanol–water partition coefficient (Wildman–Crippen LogP) is 3.11. The highest BCUT2D eigenvalue weighted by Crippen LogP contribution is 2.35. The van der Waals surface area contributed by atoms with Crippen LogP contribution in [0.15, 0.2) is 36.7 Å². The van der Waals surface area contributed by atoms with Gasteiger partial charge in [0.1, 0.15) is 11.6 Å². The monoisotopic (exact) mass is 448 g/mol. The van der Waals surface area contributed by atoms with E-state index in [9.17, 15) is 14.0 Å². The zero-order valence-electron chi connectivity index (χ0n) is 18.7. The van der Waals surface area contributed by atoms with Gasteiger partial charge < -0.3 is 4.90 Å². The van der Waals surface area contributed by atoms with Crippen molar-refractivity contribution in [1.29, 1.82) is 0 Å². The fourth-order valence-corrected chi connectivity index (χ4v) is 4.67. The van der Waals surface area contributed by atoms with Crippen molar-refractivity contribution >= 4 is 17.6 Å². The van der Waals surface area contributed by atoms with E-state index in [2.05, 4.69) is 5.10 Å². The molecule has 5 rings (SSSR count). The molecule has 0 spiro atoms. The summed E-state index contributed by atoms with van der Waals surface area (Å²) in [5, 5.41) is 4.12. The standard InChI is InChI=1S/C24H25FN6O2/c1-15-19-11-21(32)31(13-16-6-5-7-18(25)10-16)23(19)28-22(27-15)20-8-3-4-9-30(20)24(33)17-12-26-29(2)14-17/h5-7,10,12,14,20H,3-4,8-9,11,13H2,1-2H3. The Morgan fingerprint density at radius 1 is 1.24 bits per heavy atom. The van der Waals surface area contributed by atoms with Crippen molar-refractivity contribution in [3.63, 3.8) is 0 Å². The number of rotatable bonds is 4. The Bertz CT molecular complexity index is 1240. The highest BCUT2D eigenvalue weighted by molar-refractivity contribution is 6.00. The molecule has 33 heavy (non-hydrogen) atoms. The van der Waals surface area contributed by atoms with Gasteiger partial charge in [-0.25, -0.2) is 14.4 Å². The van der Waals surface area contributed by atoms with Crippen LogP contribution in [0.1, 0.15) is 58.3 Å². The first-order valence-corrected chi connectivity index (χ1v) is 11.1. The maximum atomic E-state index is 13.7. The van der Waals surface area contributed by atoms with Crippen LogP contribution in [0.25, 0.3) is 0 Å². The number of anilines is 1. The number of piperidine rings is 1. The molecule has 1 saturated heterocycles. The Balaban J connectivity index is 1.49. The number of likely N-dealkylation sites (tertiary alicyclic amines) is 1. The van der Waals surface area contributed by atoms with Crippen molar-refractivity contribution in [2.24, 2.45) is 7.05 Å². The number of carbonyl (C=O) groups is 2. The first-order valence-electron chi connectivity index (χ1n) is 11.1. The van der Waals surface area contributed by atoms with Crippen LogP contribution >= 0.6 is 0 Å². The van der Waals surface area contributed by atoms with Gasteiger partial charge in [0.15, 0.2) is 5.82 Å². The van der Waals surface area contributed by atoms with Gasteiger partial charge in [-0.2, -0.15) is 5.10 Å². The summed E-state index contributed by atoms with van der Waals surface area (Å²) in [6, 6.07) is 5.95. The molecule has 2 aliphatic heterocycles. The summed E-state index contributed by atoms with van der Waals surface area (Å²) >= 11 is 0. The molecule has 2 aliphatic rings. The number of carbonyl (C=O) groups excluding carboxylic acids is 2. The Hall–Kier alpha value is -3.62. The van der Waals surface area contributed by atoms with Gasteiger partial charge in [-0.1, -0.05) is 12.1 Å². The van der Waals surface area contributed by atoms with Gasteiger partial charge in [0.05, 0.1) is 30.8 Å². The third kappa shape index (κ3) is 3.99. The SMILES string of the molecule is Cc1nc(C2CCCCN2C(=O)c2cnn(C)c2)nc2c1CC(=O)N2Cc1cccc(F)c1. The molecular formula is C24H25FN6O2. The second-order valence-electron chi connectivity index (χ2n) is 8.67. The summed E-state index contributed by atoms with van der Waals surface area (Å²) in [6.45, 7) is 2.73. The molecule has 1 unspecified atom stereocenters. The van der Waals surface area contributed by atoms with Crippen LogP contribution in [0.5, 0.6) is 0 Å². The van der Waals surface area contributed by atoms with Gasteiger partial charge in [0, 0.05) is 31.0 Å². The van der Waals surface area contributed by atoms with Crippen LogP contribution in [0.2, 0.25) is 0 Å². The fourth-order valence-electron chi connectivity index (χ4n) is 4.67. The maximum absolute atomic E-state index is 13.7. The van der Waals surface area contributed by atoms with Crippen LogP contribution < -0.4 is 4.90 Å². The number of fused-ring (bicyclic) bond motifs is 1. The summed E-state index contributed by atoms with van der Waals surface area (Å²) in [5.74, 6) is 0.580. The van der Waals surface area contributed by atoms with E-state index >= 15 is 0 Å². The molecule has 1 fully saturated rings. The van der Waals surface area contributed by atoms with Crippen LogP contribution in [-0.2, 0) is 24.8 Å². The van der Waals surface area contributed by atoms with E-state index in [0.29, 0.717) is 29.3 Å². The first-order chi connectivity index (χ1) is 15.9. The largest absolute Gasteiger partial charge is 0.328 e. The van der Waals surface area contributed by atoms with Crippen LogP contribution in [-0.4, -0.2) is 43.0 Å². The summed E-state index contributed by atoms with van der Waals surface area (Å²) < 4.78 is 15.3. The van der Waals surface area contributed by atoms with Crippen molar-refractivity contribution in [2.75, 3.05) is 11.4 Å². The molecule has 170 valence electrons. The summed E-state index contributed by atoms with van der Waals surface area (Å²) in [5.41, 5.74) is 2.76. The number of aromatic nitrogens is 4. The molecule has 4 heterocycles. The molecule has 1 atom stereocenters. The second-order valence-corrected chi connectivity index (χ2v) is 8.67. The normalized spacial score (nSPS) is 18.0. The van der Waals surface area contributed by atoms with E-state index in [0.717, 1.165) is 30.5 Å². The molecule has 3 aromatic rings. The predicted molar refractivity (Wildman–Crippen MR) is 119 cm³/mol. The average Bonchev–Trinajstić information content (AvgIpc) is 3.37. The van der Waals surface area contributed by atoms with Crippen LogP contribution in [0.3, 0.4) is 0 Å². The lowest BCUT2D eigenvalue weighted by Gasteiger charge is -2.35. The molecule has 0 bridgehead atoms. The van der Waals surface area contributed by atoms with Gasteiger partial charge in [0.2, 0.25) is 5.91 Å². The number of hydrogen-bond donors (Lipinski definition) is 0. The molecule has 8 nitrogen and oxygen atoms in total. The van der Waals surface area contributed by atoms with E-state index in [1.54, 1.807) is 41.2 Å². The summed E-state index contributed by atoms with van der Waals surface area (Å²) in [4.78, 5) is 39.0. The Morgan fingerprint density at radius 3 is 2.85 bits per heavy atom. The number of hydrogen-bond acceptors (Lipinski definition) is 5. The Labute approximate surface area is 191 Å². The van der Waals surface area contributed by atoms with Crippen molar-refractivity contribution < 1.29 is 14.0 Å². The lowest BCUT2D eigenvalue weighted by Crippen LogP contribution is -2.39. The van der Waals surface area contributed by atoms with E-state index in [1.807, 2.05) is 11.8 Å². The summed E-state index contributed by atoms with van der Waals surface area (Å²) in [6.07, 6.45) is 6.13. The molecule has 0 radical (unpaired) electrons. The van der Waals surface area contributed by atoms with Gasteiger partial charge in [0.25, 0.3) is 5.91 Å². The van der Waals surface area contributed by atoms with Crippen LogP contribution in [0, 0.1) is 12.7 Å². The van der Waals surface area contributed by atoms with Crippen molar-refractivity contribution in [1.82, 2.24) is 24.6 Å². The number of halogens is 1. The molecule has 2 aromatic heterocycles. The van der Waals surface area contributed by atoms with Gasteiger partial charge in [-0.3, -0.25) is 19.2 Å². The minimum Gasteiger partial charge on any atom is -0.328 e. The Morgan fingerprint density at radius 2 is 2.09 bits per heavy atom. The van der Waals surface area contributed by atoms with Gasteiger partial charge in [-0.05, 0) is 43.9 Å². The fraction of sp³-hybridized carbons (Fsp3) is 0.375. The molecule has 0 saturated carbocycles.